The van der Waals surface area contributed by atoms with E-state index in [-0.39, 0.29) is 11.9 Å². The van der Waals surface area contributed by atoms with Crippen molar-refractivity contribution in [3.8, 4) is 0 Å². The van der Waals surface area contributed by atoms with Gasteiger partial charge in [-0.3, -0.25) is 0 Å². The summed E-state index contributed by atoms with van der Waals surface area (Å²) in [5, 5.41) is 0. The number of nitrogens with one attached hydrogen (secondary N) is 2. The minimum atomic E-state index is -2.30. The molecule has 0 aliphatic heterocycles. The zero-order valence-corrected chi connectivity index (χ0v) is 10.7. The molecule has 86 valence electrons. The Hall–Kier alpha value is 0.810. The fourth-order valence-corrected chi connectivity index (χ4v) is 1.47. The monoisotopic (exact) mass is 263 g/mol. The van der Waals surface area contributed by atoms with Gasteiger partial charge in [0.2, 0.25) is 0 Å². The van der Waals surface area contributed by atoms with Crippen molar-refractivity contribution in [2.75, 3.05) is 5.88 Å². The van der Waals surface area contributed by atoms with Crippen molar-refractivity contribution in [3.05, 3.63) is 0 Å². The van der Waals surface area contributed by atoms with Gasteiger partial charge in [0.25, 0.3) is 8.53 Å². The van der Waals surface area contributed by atoms with Crippen molar-refractivity contribution in [2.24, 2.45) is 0 Å². The quantitative estimate of drug-likeness (QED) is 0.250. The van der Waals surface area contributed by atoms with Crippen molar-refractivity contribution < 1.29 is 9.79 Å². The molecule has 0 aromatic carbocycles. The lowest BCUT2D eigenvalue weighted by Crippen LogP contribution is -2.55. The van der Waals surface area contributed by atoms with Gasteiger partial charge in [0.1, 0.15) is 5.00 Å². The molecule has 1 atom stereocenters. The highest BCUT2D eigenvalue weighted by Crippen LogP contribution is 2.28. The number of hydrogen-bond donors (Lipinski definition) is 4. The van der Waals surface area contributed by atoms with Gasteiger partial charge in [-0.2, -0.15) is 0 Å². The number of hydrogen-bond acceptors (Lipinski definition) is 5. The molecule has 0 saturated heterocycles. The van der Waals surface area contributed by atoms with Gasteiger partial charge < -0.3 is 9.79 Å². The molecular formula is C6H16Cl2N3O2P. The standard InChI is InChI=1S/C6H16Cl2N3O2P/c1-5(2)9-11(14(12)13)10-6(3,8)4-7/h5,9-10,12-13H,4H2,1-3H3. The average Bonchev–Trinajstić information content (AvgIpc) is 2.02. The number of hydrazine groups is 2. The van der Waals surface area contributed by atoms with Crippen LogP contribution in [0.4, 0.5) is 0 Å². The van der Waals surface area contributed by atoms with Crippen LogP contribution in [0.2, 0.25) is 0 Å². The fraction of sp³-hybridized carbons (Fsp3) is 1.00. The summed E-state index contributed by atoms with van der Waals surface area (Å²) >= 11 is 11.5. The Labute approximate surface area is 95.3 Å². The molecule has 0 bridgehead atoms. The molecule has 1 unspecified atom stereocenters. The van der Waals surface area contributed by atoms with Gasteiger partial charge in [0, 0.05) is 6.04 Å². The Morgan fingerprint density at radius 3 is 2.29 bits per heavy atom. The molecule has 14 heavy (non-hydrogen) atoms. The van der Waals surface area contributed by atoms with Gasteiger partial charge in [-0.05, 0) is 20.8 Å². The summed E-state index contributed by atoms with van der Waals surface area (Å²) < 4.78 is 0. The van der Waals surface area contributed by atoms with Crippen LogP contribution in [0.25, 0.3) is 0 Å². The van der Waals surface area contributed by atoms with E-state index in [2.05, 4.69) is 10.9 Å². The van der Waals surface area contributed by atoms with Crippen LogP contribution in [0.3, 0.4) is 0 Å². The van der Waals surface area contributed by atoms with Crippen molar-refractivity contribution in [3.63, 3.8) is 0 Å². The van der Waals surface area contributed by atoms with E-state index in [9.17, 15) is 0 Å². The van der Waals surface area contributed by atoms with E-state index < -0.39 is 13.5 Å². The minimum Gasteiger partial charge on any atom is -0.336 e. The fourth-order valence-electron chi connectivity index (χ4n) is 0.624. The van der Waals surface area contributed by atoms with Gasteiger partial charge in [0.15, 0.2) is 0 Å². The van der Waals surface area contributed by atoms with Crippen LogP contribution in [0.5, 0.6) is 0 Å². The van der Waals surface area contributed by atoms with Crippen LogP contribution in [0.1, 0.15) is 20.8 Å². The van der Waals surface area contributed by atoms with Crippen LogP contribution in [0, 0.1) is 0 Å². The topological polar surface area (TPSA) is 67.8 Å². The lowest BCUT2D eigenvalue weighted by Gasteiger charge is -2.32. The van der Waals surface area contributed by atoms with Gasteiger partial charge in [0.05, 0.1) is 5.88 Å². The first-order chi connectivity index (χ1) is 6.28. The molecular weight excluding hydrogens is 248 g/mol. The van der Waals surface area contributed by atoms with Gasteiger partial charge in [-0.25, -0.2) is 10.9 Å². The predicted molar refractivity (Wildman–Crippen MR) is 59.6 cm³/mol. The molecule has 0 aromatic heterocycles. The van der Waals surface area contributed by atoms with Gasteiger partial charge in [-0.15, -0.1) is 16.5 Å². The third-order valence-electron chi connectivity index (χ3n) is 1.15. The van der Waals surface area contributed by atoms with E-state index in [1.807, 2.05) is 13.8 Å². The highest BCUT2D eigenvalue weighted by atomic mass is 35.5. The predicted octanol–water partition coefficient (Wildman–Crippen LogP) is 1.11. The highest BCUT2D eigenvalue weighted by molar-refractivity contribution is 7.42. The Kier molecular flexibility index (Phi) is 6.78. The molecule has 0 amide bonds. The largest absolute Gasteiger partial charge is 0.336 e. The van der Waals surface area contributed by atoms with E-state index in [1.54, 1.807) is 6.92 Å². The van der Waals surface area contributed by atoms with E-state index in [4.69, 9.17) is 33.0 Å². The molecule has 8 heteroatoms. The molecule has 0 aromatic rings. The number of halogens is 2. The van der Waals surface area contributed by atoms with Crippen molar-refractivity contribution in [1.82, 2.24) is 15.7 Å². The molecule has 0 fully saturated rings. The molecule has 0 spiro atoms. The van der Waals surface area contributed by atoms with Crippen LogP contribution in [-0.2, 0) is 0 Å². The molecule has 0 rings (SSSR count). The summed E-state index contributed by atoms with van der Waals surface area (Å²) in [6, 6.07) is 0.0505. The van der Waals surface area contributed by atoms with E-state index >= 15 is 0 Å². The second-order valence-electron chi connectivity index (χ2n) is 3.31. The lowest BCUT2D eigenvalue weighted by molar-refractivity contribution is 0.155. The van der Waals surface area contributed by atoms with Crippen LogP contribution in [0.15, 0.2) is 0 Å². The maximum absolute atomic E-state index is 9.04. The third-order valence-corrected chi connectivity index (χ3v) is 2.61. The molecule has 0 aliphatic carbocycles. The maximum atomic E-state index is 9.04. The molecule has 4 N–H and O–H groups in total. The number of rotatable bonds is 6. The summed E-state index contributed by atoms with van der Waals surface area (Å²) in [5.74, 6) is 0.133. The van der Waals surface area contributed by atoms with Crippen molar-refractivity contribution >= 4 is 31.7 Å². The van der Waals surface area contributed by atoms with Crippen molar-refractivity contribution in [1.29, 1.82) is 0 Å². The Morgan fingerprint density at radius 2 is 2.00 bits per heavy atom. The number of nitrogens with zero attached hydrogens (tertiary/aromatic N) is 1. The average molecular weight is 264 g/mol. The zero-order valence-electron chi connectivity index (χ0n) is 8.33. The summed E-state index contributed by atoms with van der Waals surface area (Å²) in [6.07, 6.45) is 0. The third kappa shape index (κ3) is 6.32. The second-order valence-corrected chi connectivity index (χ2v) is 5.34. The highest BCUT2D eigenvalue weighted by Gasteiger charge is 2.26. The second kappa shape index (κ2) is 6.40. The Bertz CT molecular complexity index is 171. The SMILES string of the molecule is CC(C)NN(NC(C)(Cl)CCl)P(O)O. The zero-order chi connectivity index (χ0) is 11.4. The van der Waals surface area contributed by atoms with Gasteiger partial charge >= 0.3 is 0 Å². The van der Waals surface area contributed by atoms with E-state index in [0.29, 0.717) is 0 Å². The van der Waals surface area contributed by atoms with E-state index in [1.165, 1.54) is 0 Å². The maximum Gasteiger partial charge on any atom is 0.283 e. The molecule has 0 radical (unpaired) electrons. The summed E-state index contributed by atoms with van der Waals surface area (Å²) in [6.45, 7) is 5.36. The van der Waals surface area contributed by atoms with Crippen LogP contribution < -0.4 is 10.9 Å². The molecule has 0 aliphatic rings. The smallest absolute Gasteiger partial charge is 0.283 e. The van der Waals surface area contributed by atoms with Crippen LogP contribution in [-0.4, -0.2) is 31.6 Å². The van der Waals surface area contributed by atoms with Crippen LogP contribution >= 0.6 is 31.7 Å². The first-order valence-corrected chi connectivity index (χ1v) is 6.16. The Morgan fingerprint density at radius 1 is 1.50 bits per heavy atom. The van der Waals surface area contributed by atoms with Gasteiger partial charge in [-0.1, -0.05) is 11.6 Å². The lowest BCUT2D eigenvalue weighted by atomic mass is 10.4. The molecule has 0 heterocycles. The molecule has 0 saturated carbocycles. The first kappa shape index (κ1) is 14.8. The normalized spacial score (nSPS) is 16.7. The summed E-state index contributed by atoms with van der Waals surface area (Å²) in [4.78, 5) is 18.2. The molecule has 5 nitrogen and oxygen atoms in total. The minimum absolute atomic E-state index is 0.0505. The first-order valence-electron chi connectivity index (χ1n) is 4.05. The summed E-state index contributed by atoms with van der Waals surface area (Å²) in [5.41, 5.74) is 5.44. The number of alkyl halides is 2. The van der Waals surface area contributed by atoms with E-state index in [0.717, 1.165) is 4.89 Å². The van der Waals surface area contributed by atoms with Crippen molar-refractivity contribution in [2.45, 2.75) is 31.8 Å². The Balaban J connectivity index is 4.23. The summed E-state index contributed by atoms with van der Waals surface area (Å²) in [7, 11) is -2.30.